The molecule has 2 aromatic carbocycles. The Hall–Kier alpha value is -3.19. The largest absolute Gasteiger partial charge is 0.494 e. The summed E-state index contributed by atoms with van der Waals surface area (Å²) in [5.41, 5.74) is 1.23. The summed E-state index contributed by atoms with van der Waals surface area (Å²) in [4.78, 5) is 28.8. The third kappa shape index (κ3) is 4.14. The van der Waals surface area contributed by atoms with Gasteiger partial charge in [0.1, 0.15) is 17.3 Å². The molecule has 0 aliphatic carbocycles. The van der Waals surface area contributed by atoms with E-state index in [0.29, 0.717) is 17.9 Å². The molecule has 1 aliphatic heterocycles. The van der Waals surface area contributed by atoms with E-state index in [1.54, 1.807) is 54.4 Å². The lowest BCUT2D eigenvalue weighted by Crippen LogP contribution is -2.34. The molecule has 1 aliphatic rings. The Morgan fingerprint density at radius 2 is 1.76 bits per heavy atom. The van der Waals surface area contributed by atoms with E-state index in [0.717, 1.165) is 4.90 Å². The standard InChI is InChI=1S/C22H23FN2O4/c1-3-29-17-10-8-15(9-11-17)19-20(24(2)12-13-26)22(28)25(21(19)27)14-16-6-4-5-7-18(16)23/h4-11,26H,3,12-14H2,1-2H3. The summed E-state index contributed by atoms with van der Waals surface area (Å²) >= 11 is 0. The Morgan fingerprint density at radius 1 is 1.07 bits per heavy atom. The topological polar surface area (TPSA) is 70.1 Å². The van der Waals surface area contributed by atoms with Gasteiger partial charge in [0.2, 0.25) is 0 Å². The first kappa shape index (κ1) is 20.5. The number of halogens is 1. The molecule has 7 heteroatoms. The van der Waals surface area contributed by atoms with Crippen LogP contribution in [-0.2, 0) is 16.1 Å². The number of amides is 2. The Kier molecular flexibility index (Phi) is 6.29. The van der Waals surface area contributed by atoms with Gasteiger partial charge >= 0.3 is 0 Å². The molecule has 0 aromatic heterocycles. The number of carbonyl (C=O) groups excluding carboxylic acids is 2. The second-order valence-electron chi connectivity index (χ2n) is 6.61. The van der Waals surface area contributed by atoms with Gasteiger partial charge < -0.3 is 14.7 Å². The van der Waals surface area contributed by atoms with Gasteiger partial charge in [-0.15, -0.1) is 0 Å². The molecular formula is C22H23FN2O4. The van der Waals surface area contributed by atoms with E-state index < -0.39 is 17.6 Å². The number of carbonyl (C=O) groups is 2. The maximum absolute atomic E-state index is 14.1. The molecule has 0 fully saturated rings. The number of ether oxygens (including phenoxy) is 1. The molecule has 0 atom stereocenters. The molecule has 0 spiro atoms. The highest BCUT2D eigenvalue weighted by atomic mass is 19.1. The molecule has 3 rings (SSSR count). The van der Waals surface area contributed by atoms with Crippen molar-refractivity contribution in [3.63, 3.8) is 0 Å². The minimum atomic E-state index is -0.516. The molecular weight excluding hydrogens is 375 g/mol. The summed E-state index contributed by atoms with van der Waals surface area (Å²) < 4.78 is 19.5. The van der Waals surface area contributed by atoms with Gasteiger partial charge in [0.25, 0.3) is 11.8 Å². The van der Waals surface area contributed by atoms with Crippen LogP contribution in [0.2, 0.25) is 0 Å². The molecule has 1 heterocycles. The summed E-state index contributed by atoms with van der Waals surface area (Å²) in [6.07, 6.45) is 0. The van der Waals surface area contributed by atoms with Gasteiger partial charge in [-0.05, 0) is 30.7 Å². The van der Waals surface area contributed by atoms with E-state index in [9.17, 15) is 19.1 Å². The van der Waals surface area contributed by atoms with Gasteiger partial charge in [0.15, 0.2) is 0 Å². The molecule has 29 heavy (non-hydrogen) atoms. The molecule has 6 nitrogen and oxygen atoms in total. The number of rotatable bonds is 8. The second-order valence-corrected chi connectivity index (χ2v) is 6.61. The zero-order valence-electron chi connectivity index (χ0n) is 16.4. The van der Waals surface area contributed by atoms with Crippen molar-refractivity contribution in [2.45, 2.75) is 13.5 Å². The minimum absolute atomic E-state index is 0.165. The fourth-order valence-corrected chi connectivity index (χ4v) is 3.26. The smallest absolute Gasteiger partial charge is 0.278 e. The van der Waals surface area contributed by atoms with E-state index in [-0.39, 0.29) is 36.5 Å². The number of likely N-dealkylation sites (N-methyl/N-ethyl adjacent to an activating group) is 1. The number of benzene rings is 2. The summed E-state index contributed by atoms with van der Waals surface area (Å²) in [5, 5.41) is 9.30. The van der Waals surface area contributed by atoms with Crippen LogP contribution in [0.5, 0.6) is 5.75 Å². The molecule has 2 aromatic rings. The van der Waals surface area contributed by atoms with Crippen molar-refractivity contribution in [1.29, 1.82) is 0 Å². The lowest BCUT2D eigenvalue weighted by atomic mass is 10.0. The summed E-state index contributed by atoms with van der Waals surface area (Å²) in [5.74, 6) is -0.838. The molecule has 0 unspecified atom stereocenters. The van der Waals surface area contributed by atoms with Crippen molar-refractivity contribution >= 4 is 17.4 Å². The van der Waals surface area contributed by atoms with Gasteiger partial charge in [0, 0.05) is 19.2 Å². The van der Waals surface area contributed by atoms with Crippen molar-refractivity contribution in [2.24, 2.45) is 0 Å². The monoisotopic (exact) mass is 398 g/mol. The van der Waals surface area contributed by atoms with Crippen LogP contribution >= 0.6 is 0 Å². The Bertz CT molecular complexity index is 940. The molecule has 0 saturated carbocycles. The number of aliphatic hydroxyl groups excluding tert-OH is 1. The first-order valence-corrected chi connectivity index (χ1v) is 9.37. The van der Waals surface area contributed by atoms with Crippen molar-refractivity contribution in [2.75, 3.05) is 26.8 Å². The first-order chi connectivity index (χ1) is 14.0. The van der Waals surface area contributed by atoms with Crippen molar-refractivity contribution in [3.05, 3.63) is 71.2 Å². The molecule has 1 N–H and O–H groups in total. The van der Waals surface area contributed by atoms with E-state index in [1.165, 1.54) is 6.07 Å². The maximum atomic E-state index is 14.1. The number of imide groups is 1. The van der Waals surface area contributed by atoms with E-state index in [1.807, 2.05) is 6.92 Å². The second kappa shape index (κ2) is 8.87. The number of hydrogen-bond acceptors (Lipinski definition) is 5. The Balaban J connectivity index is 2.00. The predicted octanol–water partition coefficient (Wildman–Crippen LogP) is 2.43. The van der Waals surface area contributed by atoms with E-state index in [4.69, 9.17) is 4.74 Å². The average molecular weight is 398 g/mol. The zero-order chi connectivity index (χ0) is 21.0. The van der Waals surface area contributed by atoms with Gasteiger partial charge in [-0.25, -0.2) is 4.39 Å². The van der Waals surface area contributed by atoms with Crippen molar-refractivity contribution < 1.29 is 23.8 Å². The lowest BCUT2D eigenvalue weighted by Gasteiger charge is -2.20. The SMILES string of the molecule is CCOc1ccc(C2=C(N(C)CCO)C(=O)N(Cc3ccccc3F)C2=O)cc1. The molecule has 0 saturated heterocycles. The highest BCUT2D eigenvalue weighted by Crippen LogP contribution is 2.33. The fraction of sp³-hybridized carbons (Fsp3) is 0.273. The summed E-state index contributed by atoms with van der Waals surface area (Å²) in [6, 6.07) is 12.9. The van der Waals surface area contributed by atoms with Gasteiger partial charge in [0.05, 0.1) is 25.3 Å². The lowest BCUT2D eigenvalue weighted by molar-refractivity contribution is -0.138. The highest BCUT2D eigenvalue weighted by Gasteiger charge is 2.40. The van der Waals surface area contributed by atoms with E-state index in [2.05, 4.69) is 0 Å². The van der Waals surface area contributed by atoms with E-state index >= 15 is 0 Å². The number of aliphatic hydroxyl groups is 1. The Labute approximate surface area is 168 Å². The van der Waals surface area contributed by atoms with Crippen LogP contribution in [0.4, 0.5) is 4.39 Å². The maximum Gasteiger partial charge on any atom is 0.278 e. The number of nitrogens with zero attached hydrogens (tertiary/aromatic N) is 2. The van der Waals surface area contributed by atoms with Crippen molar-refractivity contribution in [3.8, 4) is 5.75 Å². The molecule has 152 valence electrons. The normalized spacial score (nSPS) is 14.0. The third-order valence-electron chi connectivity index (χ3n) is 4.70. The van der Waals surface area contributed by atoms with Crippen LogP contribution in [0.25, 0.3) is 5.57 Å². The van der Waals surface area contributed by atoms with Crippen LogP contribution < -0.4 is 4.74 Å². The van der Waals surface area contributed by atoms with Crippen LogP contribution in [0, 0.1) is 5.82 Å². The van der Waals surface area contributed by atoms with Crippen LogP contribution in [-0.4, -0.2) is 53.5 Å². The number of hydrogen-bond donors (Lipinski definition) is 1. The van der Waals surface area contributed by atoms with Crippen LogP contribution in [0.1, 0.15) is 18.1 Å². The van der Waals surface area contributed by atoms with Crippen molar-refractivity contribution in [1.82, 2.24) is 9.80 Å². The highest BCUT2D eigenvalue weighted by molar-refractivity contribution is 6.35. The molecule has 2 amide bonds. The first-order valence-electron chi connectivity index (χ1n) is 9.37. The molecule has 0 bridgehead atoms. The van der Waals surface area contributed by atoms with Gasteiger partial charge in [-0.3, -0.25) is 14.5 Å². The Morgan fingerprint density at radius 3 is 2.38 bits per heavy atom. The fourth-order valence-electron chi connectivity index (χ4n) is 3.26. The average Bonchev–Trinajstić information content (AvgIpc) is 2.95. The summed E-state index contributed by atoms with van der Waals surface area (Å²) in [6.45, 7) is 2.23. The van der Waals surface area contributed by atoms with Gasteiger partial charge in [-0.2, -0.15) is 0 Å². The van der Waals surface area contributed by atoms with Gasteiger partial charge in [-0.1, -0.05) is 30.3 Å². The third-order valence-corrected chi connectivity index (χ3v) is 4.70. The molecule has 0 radical (unpaired) electrons. The zero-order valence-corrected chi connectivity index (χ0v) is 16.4. The predicted molar refractivity (Wildman–Crippen MR) is 106 cm³/mol. The summed E-state index contributed by atoms with van der Waals surface area (Å²) in [7, 11) is 1.64. The van der Waals surface area contributed by atoms with Crippen LogP contribution in [0.3, 0.4) is 0 Å². The van der Waals surface area contributed by atoms with Crippen LogP contribution in [0.15, 0.2) is 54.2 Å². The quantitative estimate of drug-likeness (QED) is 0.692. The minimum Gasteiger partial charge on any atom is -0.494 e.